The van der Waals surface area contributed by atoms with E-state index in [1.165, 1.54) is 6.42 Å². The number of nitrogens with two attached hydrogens (primary N) is 1. The van der Waals surface area contributed by atoms with Crippen LogP contribution in [0.2, 0.25) is 0 Å². The maximum absolute atomic E-state index is 10.2. The monoisotopic (exact) mass is 277 g/mol. The molecule has 1 aliphatic carbocycles. The van der Waals surface area contributed by atoms with E-state index in [0.29, 0.717) is 19.3 Å². The third-order valence-electron chi connectivity index (χ3n) is 4.23. The first-order valence-corrected chi connectivity index (χ1v) is 7.67. The highest BCUT2D eigenvalue weighted by Crippen LogP contribution is 2.30. The Morgan fingerprint density at radius 2 is 1.75 bits per heavy atom. The lowest BCUT2D eigenvalue weighted by atomic mass is 9.82. The fourth-order valence-electron chi connectivity index (χ4n) is 3.21. The third-order valence-corrected chi connectivity index (χ3v) is 4.23. The molecule has 3 heteroatoms. The predicted octanol–water partition coefficient (Wildman–Crippen LogP) is 3.02. The Hall–Kier alpha value is -0.900. The molecule has 0 saturated heterocycles. The Morgan fingerprint density at radius 3 is 2.30 bits per heavy atom. The molecule has 2 rings (SSSR count). The van der Waals surface area contributed by atoms with Crippen LogP contribution in [0, 0.1) is 11.8 Å². The van der Waals surface area contributed by atoms with Gasteiger partial charge < -0.3 is 15.6 Å². The SMILES string of the molecule is CC1CC(C)CC(OCC(O)c2ccc(CN)cc2)C1. The van der Waals surface area contributed by atoms with Crippen LogP contribution in [0.5, 0.6) is 0 Å². The summed E-state index contributed by atoms with van der Waals surface area (Å²) in [5.41, 5.74) is 7.55. The molecular weight excluding hydrogens is 250 g/mol. The minimum atomic E-state index is -0.547. The van der Waals surface area contributed by atoms with Gasteiger partial charge in [0, 0.05) is 6.54 Å². The summed E-state index contributed by atoms with van der Waals surface area (Å²) in [4.78, 5) is 0. The molecule has 112 valence electrons. The normalized spacial score (nSPS) is 28.3. The number of aliphatic hydroxyl groups excluding tert-OH is 1. The number of rotatable bonds is 5. The summed E-state index contributed by atoms with van der Waals surface area (Å²) in [7, 11) is 0. The molecule has 0 heterocycles. The topological polar surface area (TPSA) is 55.5 Å². The van der Waals surface area contributed by atoms with Gasteiger partial charge in [-0.25, -0.2) is 0 Å². The summed E-state index contributed by atoms with van der Waals surface area (Å²) in [5, 5.41) is 10.2. The minimum absolute atomic E-state index is 0.298. The van der Waals surface area contributed by atoms with E-state index < -0.39 is 6.10 Å². The highest BCUT2D eigenvalue weighted by molar-refractivity contribution is 5.24. The maximum atomic E-state index is 10.2. The van der Waals surface area contributed by atoms with Gasteiger partial charge in [0.1, 0.15) is 6.10 Å². The molecule has 1 aromatic carbocycles. The van der Waals surface area contributed by atoms with Crippen molar-refractivity contribution in [2.45, 2.75) is 51.9 Å². The fraction of sp³-hybridized carbons (Fsp3) is 0.647. The molecule has 1 aliphatic rings. The van der Waals surface area contributed by atoms with Crippen molar-refractivity contribution in [3.8, 4) is 0 Å². The number of benzene rings is 1. The van der Waals surface area contributed by atoms with Gasteiger partial charge in [0.15, 0.2) is 0 Å². The Balaban J connectivity index is 1.83. The zero-order chi connectivity index (χ0) is 14.5. The molecule has 3 nitrogen and oxygen atoms in total. The molecule has 1 fully saturated rings. The fourth-order valence-corrected chi connectivity index (χ4v) is 3.21. The second kappa shape index (κ2) is 7.21. The summed E-state index contributed by atoms with van der Waals surface area (Å²) in [6.07, 6.45) is 3.27. The Labute approximate surface area is 122 Å². The first kappa shape index (κ1) is 15.5. The van der Waals surface area contributed by atoms with Crippen LogP contribution in [0.3, 0.4) is 0 Å². The molecule has 0 aromatic heterocycles. The van der Waals surface area contributed by atoms with Crippen molar-refractivity contribution in [1.82, 2.24) is 0 Å². The van der Waals surface area contributed by atoms with Crippen LogP contribution in [-0.4, -0.2) is 17.8 Å². The quantitative estimate of drug-likeness (QED) is 0.870. The first-order chi connectivity index (χ1) is 9.58. The van der Waals surface area contributed by atoms with Crippen molar-refractivity contribution >= 4 is 0 Å². The minimum Gasteiger partial charge on any atom is -0.386 e. The van der Waals surface area contributed by atoms with Gasteiger partial charge in [-0.05, 0) is 42.2 Å². The Kier molecular flexibility index (Phi) is 5.58. The molecule has 0 amide bonds. The van der Waals surface area contributed by atoms with E-state index >= 15 is 0 Å². The molecule has 20 heavy (non-hydrogen) atoms. The molecule has 0 aliphatic heterocycles. The van der Waals surface area contributed by atoms with Gasteiger partial charge in [-0.2, -0.15) is 0 Å². The number of ether oxygens (including phenoxy) is 1. The van der Waals surface area contributed by atoms with Crippen molar-refractivity contribution in [3.63, 3.8) is 0 Å². The molecule has 3 atom stereocenters. The molecule has 1 aromatic rings. The third kappa shape index (κ3) is 4.30. The number of aliphatic hydroxyl groups is 1. The van der Waals surface area contributed by atoms with Crippen LogP contribution in [0.4, 0.5) is 0 Å². The smallest absolute Gasteiger partial charge is 0.102 e. The number of hydrogen-bond donors (Lipinski definition) is 2. The van der Waals surface area contributed by atoms with E-state index in [0.717, 1.165) is 35.8 Å². The largest absolute Gasteiger partial charge is 0.386 e. The van der Waals surface area contributed by atoms with Crippen molar-refractivity contribution in [2.75, 3.05) is 6.61 Å². The Morgan fingerprint density at radius 1 is 1.15 bits per heavy atom. The van der Waals surface area contributed by atoms with E-state index in [1.807, 2.05) is 24.3 Å². The van der Waals surface area contributed by atoms with Crippen molar-refractivity contribution in [1.29, 1.82) is 0 Å². The maximum Gasteiger partial charge on any atom is 0.102 e. The van der Waals surface area contributed by atoms with Crippen LogP contribution in [-0.2, 0) is 11.3 Å². The number of hydrogen-bond acceptors (Lipinski definition) is 3. The zero-order valence-corrected chi connectivity index (χ0v) is 12.6. The zero-order valence-electron chi connectivity index (χ0n) is 12.6. The highest BCUT2D eigenvalue weighted by Gasteiger charge is 2.25. The van der Waals surface area contributed by atoms with Crippen molar-refractivity contribution < 1.29 is 9.84 Å². The second-order valence-corrected chi connectivity index (χ2v) is 6.33. The van der Waals surface area contributed by atoms with Gasteiger partial charge in [0.2, 0.25) is 0 Å². The molecular formula is C17H27NO2. The first-order valence-electron chi connectivity index (χ1n) is 7.67. The lowest BCUT2D eigenvalue weighted by Gasteiger charge is -2.31. The molecule has 0 bridgehead atoms. The van der Waals surface area contributed by atoms with Crippen LogP contribution in [0.25, 0.3) is 0 Å². The highest BCUT2D eigenvalue weighted by atomic mass is 16.5. The van der Waals surface area contributed by atoms with Gasteiger partial charge in [0.25, 0.3) is 0 Å². The van der Waals surface area contributed by atoms with Crippen LogP contribution < -0.4 is 5.73 Å². The van der Waals surface area contributed by atoms with E-state index in [-0.39, 0.29) is 0 Å². The lowest BCUT2D eigenvalue weighted by molar-refractivity contribution is -0.0412. The van der Waals surface area contributed by atoms with E-state index in [4.69, 9.17) is 10.5 Å². The summed E-state index contributed by atoms with van der Waals surface area (Å²) in [6.45, 7) is 5.48. The molecule has 1 saturated carbocycles. The average Bonchev–Trinajstić information content (AvgIpc) is 2.44. The van der Waals surface area contributed by atoms with Gasteiger partial charge in [0.05, 0.1) is 12.7 Å². The lowest BCUT2D eigenvalue weighted by Crippen LogP contribution is -2.27. The van der Waals surface area contributed by atoms with Crippen LogP contribution >= 0.6 is 0 Å². The van der Waals surface area contributed by atoms with Crippen LogP contribution in [0.1, 0.15) is 50.3 Å². The van der Waals surface area contributed by atoms with Gasteiger partial charge in [-0.15, -0.1) is 0 Å². The summed E-state index contributed by atoms with van der Waals surface area (Å²) < 4.78 is 5.92. The van der Waals surface area contributed by atoms with Crippen molar-refractivity contribution in [2.24, 2.45) is 17.6 Å². The van der Waals surface area contributed by atoms with Gasteiger partial charge in [-0.1, -0.05) is 38.1 Å². The second-order valence-electron chi connectivity index (χ2n) is 6.33. The van der Waals surface area contributed by atoms with E-state index in [2.05, 4.69) is 13.8 Å². The van der Waals surface area contributed by atoms with E-state index in [9.17, 15) is 5.11 Å². The molecule has 0 radical (unpaired) electrons. The molecule has 3 N–H and O–H groups in total. The average molecular weight is 277 g/mol. The van der Waals surface area contributed by atoms with E-state index in [1.54, 1.807) is 0 Å². The molecule has 3 unspecified atom stereocenters. The predicted molar refractivity (Wildman–Crippen MR) is 81.2 cm³/mol. The van der Waals surface area contributed by atoms with Gasteiger partial charge >= 0.3 is 0 Å². The molecule has 0 spiro atoms. The Bertz CT molecular complexity index is 394. The van der Waals surface area contributed by atoms with Gasteiger partial charge in [-0.3, -0.25) is 0 Å². The summed E-state index contributed by atoms with van der Waals surface area (Å²) in [5.74, 6) is 1.45. The van der Waals surface area contributed by atoms with Crippen molar-refractivity contribution in [3.05, 3.63) is 35.4 Å². The standard InChI is InChI=1S/C17H27NO2/c1-12-7-13(2)9-16(8-12)20-11-17(19)15-5-3-14(10-18)4-6-15/h3-6,12-13,16-17,19H,7-11,18H2,1-2H3. The summed E-state index contributed by atoms with van der Waals surface area (Å²) in [6, 6.07) is 7.79. The van der Waals surface area contributed by atoms with Crippen LogP contribution in [0.15, 0.2) is 24.3 Å². The summed E-state index contributed by atoms with van der Waals surface area (Å²) >= 11 is 0.